The van der Waals surface area contributed by atoms with Gasteiger partial charge in [-0.2, -0.15) is 0 Å². The Balaban J connectivity index is 2.00. The lowest BCUT2D eigenvalue weighted by molar-refractivity contribution is -0.148. The Kier molecular flexibility index (Phi) is 7.24. The van der Waals surface area contributed by atoms with E-state index in [9.17, 15) is 22.8 Å². The SMILES string of the molecule is COc1cc(/C=C/C(=O)O[C@@H](C)C(=O)Nc2ccc(F)c(F)c2F)cc(OC)c1. The fourth-order valence-electron chi connectivity index (χ4n) is 2.21. The van der Waals surface area contributed by atoms with E-state index in [1.807, 2.05) is 5.32 Å². The molecule has 0 saturated carbocycles. The summed E-state index contributed by atoms with van der Waals surface area (Å²) in [5, 5.41) is 2.03. The van der Waals surface area contributed by atoms with Gasteiger partial charge in [0, 0.05) is 12.1 Å². The lowest BCUT2D eigenvalue weighted by atomic mass is 10.2. The second-order valence-electron chi connectivity index (χ2n) is 5.77. The minimum atomic E-state index is -1.72. The zero-order valence-corrected chi connectivity index (χ0v) is 15.8. The number of amides is 1. The fraction of sp³-hybridized carbons (Fsp3) is 0.200. The van der Waals surface area contributed by atoms with Gasteiger partial charge in [0.1, 0.15) is 11.5 Å². The van der Waals surface area contributed by atoms with E-state index < -0.39 is 41.1 Å². The summed E-state index contributed by atoms with van der Waals surface area (Å²) in [7, 11) is 2.96. The number of esters is 1. The summed E-state index contributed by atoms with van der Waals surface area (Å²) >= 11 is 0. The Morgan fingerprint density at radius 2 is 1.62 bits per heavy atom. The molecule has 0 saturated heterocycles. The van der Waals surface area contributed by atoms with Crippen molar-refractivity contribution < 1.29 is 37.0 Å². The number of nitrogens with one attached hydrogen (secondary N) is 1. The van der Waals surface area contributed by atoms with Gasteiger partial charge in [0.05, 0.1) is 19.9 Å². The lowest BCUT2D eigenvalue weighted by Crippen LogP contribution is -2.29. The van der Waals surface area contributed by atoms with Crippen molar-refractivity contribution in [2.75, 3.05) is 19.5 Å². The highest BCUT2D eigenvalue weighted by molar-refractivity contribution is 5.96. The van der Waals surface area contributed by atoms with Crippen LogP contribution in [0.4, 0.5) is 18.9 Å². The minimum Gasteiger partial charge on any atom is -0.497 e. The molecular formula is C20H18F3NO5. The molecule has 0 fully saturated rings. The maximum absolute atomic E-state index is 13.6. The number of halogens is 3. The molecule has 0 aromatic heterocycles. The van der Waals surface area contributed by atoms with Gasteiger partial charge in [-0.25, -0.2) is 18.0 Å². The van der Waals surface area contributed by atoms with Crippen molar-refractivity contribution >= 4 is 23.6 Å². The second kappa shape index (κ2) is 9.63. The third kappa shape index (κ3) is 5.74. The van der Waals surface area contributed by atoms with E-state index in [1.165, 1.54) is 27.2 Å². The number of benzene rings is 2. The monoisotopic (exact) mass is 409 g/mol. The van der Waals surface area contributed by atoms with Crippen molar-refractivity contribution in [3.8, 4) is 11.5 Å². The number of rotatable bonds is 7. The van der Waals surface area contributed by atoms with Crippen LogP contribution in [0.15, 0.2) is 36.4 Å². The molecule has 2 aromatic carbocycles. The Labute approximate surface area is 164 Å². The van der Waals surface area contributed by atoms with Crippen LogP contribution in [0.25, 0.3) is 6.08 Å². The summed E-state index contributed by atoms with van der Waals surface area (Å²) in [6.45, 7) is 1.24. The van der Waals surface area contributed by atoms with E-state index in [1.54, 1.807) is 18.2 Å². The largest absolute Gasteiger partial charge is 0.497 e. The van der Waals surface area contributed by atoms with Gasteiger partial charge < -0.3 is 19.5 Å². The van der Waals surface area contributed by atoms with Crippen molar-refractivity contribution in [3.05, 3.63) is 59.4 Å². The van der Waals surface area contributed by atoms with Crippen LogP contribution in [0.1, 0.15) is 12.5 Å². The zero-order valence-electron chi connectivity index (χ0n) is 15.8. The summed E-state index contributed by atoms with van der Waals surface area (Å²) < 4.78 is 54.9. The average molecular weight is 409 g/mol. The predicted molar refractivity (Wildman–Crippen MR) is 99.1 cm³/mol. The zero-order chi connectivity index (χ0) is 21.6. The molecule has 0 aliphatic heterocycles. The van der Waals surface area contributed by atoms with Crippen LogP contribution in [-0.2, 0) is 14.3 Å². The highest BCUT2D eigenvalue weighted by Crippen LogP contribution is 2.23. The molecular weight excluding hydrogens is 391 g/mol. The maximum atomic E-state index is 13.6. The molecule has 0 heterocycles. The molecule has 29 heavy (non-hydrogen) atoms. The van der Waals surface area contributed by atoms with Gasteiger partial charge in [0.2, 0.25) is 0 Å². The molecule has 2 aromatic rings. The average Bonchev–Trinajstić information content (AvgIpc) is 2.72. The van der Waals surface area contributed by atoms with E-state index in [-0.39, 0.29) is 0 Å². The van der Waals surface area contributed by atoms with Gasteiger partial charge in [-0.15, -0.1) is 0 Å². The first kappa shape index (κ1) is 21.8. The highest BCUT2D eigenvalue weighted by Gasteiger charge is 2.20. The maximum Gasteiger partial charge on any atom is 0.331 e. The molecule has 0 bridgehead atoms. The Hall–Kier alpha value is -3.49. The molecule has 1 amide bonds. The summed E-state index contributed by atoms with van der Waals surface area (Å²) in [6, 6.07) is 6.47. The Morgan fingerprint density at radius 3 is 2.21 bits per heavy atom. The van der Waals surface area contributed by atoms with E-state index in [2.05, 4.69) is 0 Å². The topological polar surface area (TPSA) is 73.9 Å². The summed E-state index contributed by atoms with van der Waals surface area (Å²) in [5.41, 5.74) is 0.00919. The number of carbonyl (C=O) groups is 2. The van der Waals surface area contributed by atoms with Gasteiger partial charge in [-0.05, 0) is 42.8 Å². The number of ether oxygens (including phenoxy) is 3. The standard InChI is InChI=1S/C20H18F3NO5/c1-11(20(26)24-16-6-5-15(21)18(22)19(16)23)29-17(25)7-4-12-8-13(27-2)10-14(9-12)28-3/h4-11H,1-3H3,(H,24,26)/b7-4+/t11-/m0/s1. The third-order valence-corrected chi connectivity index (χ3v) is 3.74. The van der Waals surface area contributed by atoms with E-state index >= 15 is 0 Å². The van der Waals surface area contributed by atoms with Gasteiger partial charge in [0.15, 0.2) is 23.6 Å². The number of carbonyl (C=O) groups excluding carboxylic acids is 2. The quantitative estimate of drug-likeness (QED) is 0.429. The van der Waals surface area contributed by atoms with Gasteiger partial charge in [-0.3, -0.25) is 4.79 Å². The number of hydrogen-bond acceptors (Lipinski definition) is 5. The molecule has 0 radical (unpaired) electrons. The number of anilines is 1. The minimum absolute atomic E-state index is 0.513. The molecule has 1 N–H and O–H groups in total. The first-order chi connectivity index (χ1) is 13.7. The second-order valence-corrected chi connectivity index (χ2v) is 5.77. The molecule has 0 spiro atoms. The van der Waals surface area contributed by atoms with Crippen molar-refractivity contribution in [1.29, 1.82) is 0 Å². The fourth-order valence-corrected chi connectivity index (χ4v) is 2.21. The molecule has 9 heteroatoms. The number of hydrogen-bond donors (Lipinski definition) is 1. The molecule has 0 unspecified atom stereocenters. The van der Waals surface area contributed by atoms with Crippen molar-refractivity contribution in [1.82, 2.24) is 0 Å². The van der Waals surface area contributed by atoms with Crippen LogP contribution < -0.4 is 14.8 Å². The molecule has 2 rings (SSSR count). The Morgan fingerprint density at radius 1 is 1.00 bits per heavy atom. The van der Waals surface area contributed by atoms with Crippen molar-refractivity contribution in [2.45, 2.75) is 13.0 Å². The van der Waals surface area contributed by atoms with Crippen molar-refractivity contribution in [2.24, 2.45) is 0 Å². The van der Waals surface area contributed by atoms with E-state index in [0.29, 0.717) is 23.1 Å². The smallest absolute Gasteiger partial charge is 0.331 e. The number of methoxy groups -OCH3 is 2. The van der Waals surface area contributed by atoms with E-state index in [4.69, 9.17) is 14.2 Å². The predicted octanol–water partition coefficient (Wildman–Crippen LogP) is 3.70. The van der Waals surface area contributed by atoms with Gasteiger partial charge in [-0.1, -0.05) is 0 Å². The molecule has 0 aliphatic carbocycles. The third-order valence-electron chi connectivity index (χ3n) is 3.74. The highest BCUT2D eigenvalue weighted by atomic mass is 19.2. The van der Waals surface area contributed by atoms with E-state index in [0.717, 1.165) is 12.1 Å². The first-order valence-electron chi connectivity index (χ1n) is 8.31. The van der Waals surface area contributed by atoms with Crippen LogP contribution in [0, 0.1) is 17.5 Å². The van der Waals surface area contributed by atoms with Gasteiger partial charge >= 0.3 is 5.97 Å². The van der Waals surface area contributed by atoms with Crippen LogP contribution >= 0.6 is 0 Å². The summed E-state index contributed by atoms with van der Waals surface area (Å²) in [4.78, 5) is 23.9. The van der Waals surface area contributed by atoms with Crippen molar-refractivity contribution in [3.63, 3.8) is 0 Å². The first-order valence-corrected chi connectivity index (χ1v) is 8.31. The molecule has 1 atom stereocenters. The molecule has 0 aliphatic rings. The summed E-state index contributed by atoms with van der Waals surface area (Å²) in [5.74, 6) is -5.40. The van der Waals surface area contributed by atoms with Crippen LogP contribution in [0.5, 0.6) is 11.5 Å². The van der Waals surface area contributed by atoms with Crippen LogP contribution in [-0.4, -0.2) is 32.2 Å². The van der Waals surface area contributed by atoms with Gasteiger partial charge in [0.25, 0.3) is 5.91 Å². The van der Waals surface area contributed by atoms with Crippen LogP contribution in [0.2, 0.25) is 0 Å². The van der Waals surface area contributed by atoms with Crippen LogP contribution in [0.3, 0.4) is 0 Å². The Bertz CT molecular complexity index is 924. The molecule has 154 valence electrons. The summed E-state index contributed by atoms with van der Waals surface area (Å²) in [6.07, 6.45) is 1.18. The lowest BCUT2D eigenvalue weighted by Gasteiger charge is -2.13. The normalized spacial score (nSPS) is 11.8. The molecule has 6 nitrogen and oxygen atoms in total.